The number of benzene rings is 1. The lowest BCUT2D eigenvalue weighted by molar-refractivity contribution is 0.432. The third-order valence-corrected chi connectivity index (χ3v) is 4.40. The normalized spacial score (nSPS) is 10.8. The van der Waals surface area contributed by atoms with Crippen LogP contribution in [0.1, 0.15) is 0 Å². The highest BCUT2D eigenvalue weighted by Gasteiger charge is 2.16. The molecule has 0 aliphatic rings. The summed E-state index contributed by atoms with van der Waals surface area (Å²) in [6.07, 6.45) is 1.68. The summed E-state index contributed by atoms with van der Waals surface area (Å²) in [7, 11) is 0. The number of halogens is 3. The summed E-state index contributed by atoms with van der Waals surface area (Å²) in [6.45, 7) is 0. The lowest BCUT2D eigenvalue weighted by atomic mass is 10.2. The van der Waals surface area contributed by atoms with Gasteiger partial charge in [0.2, 0.25) is 5.82 Å². The van der Waals surface area contributed by atoms with E-state index in [2.05, 4.69) is 69.6 Å². The highest BCUT2D eigenvalue weighted by atomic mass is 127. The maximum absolute atomic E-state index is 5.96. The molecule has 0 atom stereocenters. The number of anilines is 1. The smallest absolute Gasteiger partial charge is 0.260 e. The largest absolute Gasteiger partial charge is 0.398 e. The molecule has 0 spiro atoms. The first-order chi connectivity index (χ1) is 10.0. The van der Waals surface area contributed by atoms with Crippen molar-refractivity contribution in [1.29, 1.82) is 0 Å². The number of aromatic nitrogens is 3. The molecule has 0 fully saturated rings. The second-order valence-corrected chi connectivity index (χ2v) is 7.15. The lowest BCUT2D eigenvalue weighted by Crippen LogP contribution is -1.91. The minimum absolute atomic E-state index is 0.373. The maximum atomic E-state index is 5.96. The Balaban J connectivity index is 2.06. The standard InChI is InChI=1S/C13H7Br2IN4O/c14-6-3-9(15)11(18-5-6)12-19-13(21-20-12)8-4-7(16)1-2-10(8)17/h1-5H,17H2. The van der Waals surface area contributed by atoms with Gasteiger partial charge in [-0.15, -0.1) is 0 Å². The fourth-order valence-electron chi connectivity index (χ4n) is 1.72. The summed E-state index contributed by atoms with van der Waals surface area (Å²) in [5.74, 6) is 0.778. The van der Waals surface area contributed by atoms with Crippen LogP contribution in [0.25, 0.3) is 23.0 Å². The molecule has 0 saturated carbocycles. The Morgan fingerprint density at radius 1 is 1.19 bits per heavy atom. The summed E-state index contributed by atoms with van der Waals surface area (Å²) in [6, 6.07) is 7.51. The van der Waals surface area contributed by atoms with E-state index in [0.29, 0.717) is 28.7 Å². The van der Waals surface area contributed by atoms with Crippen LogP contribution in [0.4, 0.5) is 5.69 Å². The van der Waals surface area contributed by atoms with Gasteiger partial charge in [-0.1, -0.05) is 5.16 Å². The average Bonchev–Trinajstić information content (AvgIpc) is 2.91. The zero-order chi connectivity index (χ0) is 15.0. The second-order valence-electron chi connectivity index (χ2n) is 4.14. The molecule has 0 radical (unpaired) electrons. The Morgan fingerprint density at radius 3 is 2.76 bits per heavy atom. The molecule has 1 aromatic carbocycles. The topological polar surface area (TPSA) is 77.8 Å². The van der Waals surface area contributed by atoms with E-state index in [4.69, 9.17) is 10.3 Å². The number of nitrogens with two attached hydrogens (primary N) is 1. The fourth-order valence-corrected chi connectivity index (χ4v) is 3.38. The van der Waals surface area contributed by atoms with Crippen molar-refractivity contribution >= 4 is 60.1 Å². The summed E-state index contributed by atoms with van der Waals surface area (Å²) in [5.41, 5.74) is 7.87. The van der Waals surface area contributed by atoms with Gasteiger partial charge in [-0.2, -0.15) is 4.98 Å². The molecular weight excluding hydrogens is 515 g/mol. The van der Waals surface area contributed by atoms with E-state index in [9.17, 15) is 0 Å². The van der Waals surface area contributed by atoms with Gasteiger partial charge in [0.05, 0.1) is 5.56 Å². The number of nitrogens with zero attached hydrogens (tertiary/aromatic N) is 3. The number of hydrogen-bond acceptors (Lipinski definition) is 5. The predicted octanol–water partition coefficient (Wildman–Crippen LogP) is 4.51. The van der Waals surface area contributed by atoms with Crippen molar-refractivity contribution in [2.45, 2.75) is 0 Å². The lowest BCUT2D eigenvalue weighted by Gasteiger charge is -2.00. The van der Waals surface area contributed by atoms with Gasteiger partial charge in [-0.25, -0.2) is 0 Å². The maximum Gasteiger partial charge on any atom is 0.260 e. The molecule has 2 N–H and O–H groups in total. The van der Waals surface area contributed by atoms with Crippen LogP contribution in [0.5, 0.6) is 0 Å². The Labute approximate surface area is 150 Å². The first-order valence-corrected chi connectivity index (χ1v) is 8.41. The molecule has 3 rings (SSSR count). The summed E-state index contributed by atoms with van der Waals surface area (Å²) in [4.78, 5) is 8.66. The molecule has 8 heteroatoms. The molecule has 0 bridgehead atoms. The van der Waals surface area contributed by atoms with Crippen LogP contribution >= 0.6 is 54.5 Å². The molecule has 0 aliphatic heterocycles. The molecule has 0 saturated heterocycles. The van der Waals surface area contributed by atoms with Gasteiger partial charge >= 0.3 is 0 Å². The zero-order valence-electron chi connectivity index (χ0n) is 10.3. The van der Waals surface area contributed by atoms with Gasteiger partial charge in [-0.3, -0.25) is 4.98 Å². The van der Waals surface area contributed by atoms with Crippen molar-refractivity contribution in [2.24, 2.45) is 0 Å². The third kappa shape index (κ3) is 3.11. The van der Waals surface area contributed by atoms with Gasteiger partial charge in [0.15, 0.2) is 0 Å². The number of hydrogen-bond donors (Lipinski definition) is 1. The SMILES string of the molecule is Nc1ccc(I)cc1-c1nc(-c2ncc(Br)cc2Br)no1. The van der Waals surface area contributed by atoms with Crippen molar-refractivity contribution in [3.05, 3.63) is 43.0 Å². The predicted molar refractivity (Wildman–Crippen MR) is 95.5 cm³/mol. The molecule has 0 aliphatic carbocycles. The van der Waals surface area contributed by atoms with Gasteiger partial charge in [0, 0.05) is 24.4 Å². The highest BCUT2D eigenvalue weighted by molar-refractivity contribution is 14.1. The third-order valence-electron chi connectivity index (χ3n) is 2.69. The van der Waals surface area contributed by atoms with Crippen molar-refractivity contribution in [3.63, 3.8) is 0 Å². The molecule has 2 heterocycles. The van der Waals surface area contributed by atoms with E-state index < -0.39 is 0 Å². The van der Waals surface area contributed by atoms with E-state index >= 15 is 0 Å². The van der Waals surface area contributed by atoms with Crippen molar-refractivity contribution < 1.29 is 4.52 Å². The molecule has 21 heavy (non-hydrogen) atoms. The molecule has 0 amide bonds. The van der Waals surface area contributed by atoms with E-state index in [1.54, 1.807) is 6.20 Å². The van der Waals surface area contributed by atoms with Crippen LogP contribution < -0.4 is 5.73 Å². The minimum atomic E-state index is 0.373. The molecule has 106 valence electrons. The average molecular weight is 522 g/mol. The van der Waals surface area contributed by atoms with E-state index in [1.165, 1.54) is 0 Å². The fraction of sp³-hybridized carbons (Fsp3) is 0. The summed E-state index contributed by atoms with van der Waals surface area (Å²) >= 11 is 9.00. The quantitative estimate of drug-likeness (QED) is 0.396. The van der Waals surface area contributed by atoms with E-state index in [-0.39, 0.29) is 0 Å². The zero-order valence-corrected chi connectivity index (χ0v) is 15.7. The van der Waals surface area contributed by atoms with Crippen LogP contribution in [0.3, 0.4) is 0 Å². The number of pyridine rings is 1. The Morgan fingerprint density at radius 2 is 2.00 bits per heavy atom. The molecular formula is C13H7Br2IN4O. The van der Waals surface area contributed by atoms with Gasteiger partial charge in [0.1, 0.15) is 5.69 Å². The van der Waals surface area contributed by atoms with Gasteiger partial charge < -0.3 is 10.3 Å². The van der Waals surface area contributed by atoms with Crippen molar-refractivity contribution in [1.82, 2.24) is 15.1 Å². The van der Waals surface area contributed by atoms with E-state index in [1.807, 2.05) is 24.3 Å². The van der Waals surface area contributed by atoms with Crippen LogP contribution in [0.15, 0.2) is 43.9 Å². The van der Waals surface area contributed by atoms with Crippen LogP contribution in [-0.2, 0) is 0 Å². The Bertz CT molecular complexity index is 822. The monoisotopic (exact) mass is 520 g/mol. The van der Waals surface area contributed by atoms with E-state index in [0.717, 1.165) is 12.5 Å². The number of rotatable bonds is 2. The van der Waals surface area contributed by atoms with Crippen LogP contribution in [0, 0.1) is 3.57 Å². The number of nitrogen functional groups attached to an aromatic ring is 1. The molecule has 5 nitrogen and oxygen atoms in total. The highest BCUT2D eigenvalue weighted by Crippen LogP contribution is 2.30. The molecule has 2 aromatic heterocycles. The van der Waals surface area contributed by atoms with Crippen LogP contribution in [-0.4, -0.2) is 15.1 Å². The Hall–Kier alpha value is -1.000. The summed E-state index contributed by atoms with van der Waals surface area (Å²) in [5, 5.41) is 3.97. The van der Waals surface area contributed by atoms with Gasteiger partial charge in [-0.05, 0) is 78.7 Å². The minimum Gasteiger partial charge on any atom is -0.398 e. The van der Waals surface area contributed by atoms with Crippen LogP contribution in [0.2, 0.25) is 0 Å². The van der Waals surface area contributed by atoms with Crippen molar-refractivity contribution in [2.75, 3.05) is 5.73 Å². The molecule has 3 aromatic rings. The Kier molecular flexibility index (Phi) is 4.27. The van der Waals surface area contributed by atoms with Gasteiger partial charge in [0.25, 0.3) is 5.89 Å². The first-order valence-electron chi connectivity index (χ1n) is 5.75. The summed E-state index contributed by atoms with van der Waals surface area (Å²) < 4.78 is 7.99. The van der Waals surface area contributed by atoms with Crippen molar-refractivity contribution in [3.8, 4) is 23.0 Å². The second kappa shape index (κ2) is 6.01. The first kappa shape index (κ1) is 14.9. The molecule has 0 unspecified atom stereocenters.